The van der Waals surface area contributed by atoms with Crippen molar-refractivity contribution in [2.45, 2.75) is 66.0 Å². The molecule has 5 nitrogen and oxygen atoms in total. The fraction of sp³-hybridized carbons (Fsp3) is 0.867. The van der Waals surface area contributed by atoms with Crippen molar-refractivity contribution in [2.24, 2.45) is 5.41 Å². The van der Waals surface area contributed by atoms with Crippen LogP contribution in [-0.4, -0.2) is 41.3 Å². The van der Waals surface area contributed by atoms with Gasteiger partial charge in [-0.25, -0.2) is 9.59 Å². The van der Waals surface area contributed by atoms with Gasteiger partial charge in [0, 0.05) is 6.54 Å². The Morgan fingerprint density at radius 2 is 1.70 bits per heavy atom. The Morgan fingerprint density at radius 1 is 1.15 bits per heavy atom. The van der Waals surface area contributed by atoms with Crippen LogP contribution in [0.2, 0.25) is 0 Å². The van der Waals surface area contributed by atoms with Crippen LogP contribution in [0.5, 0.6) is 0 Å². The third-order valence-electron chi connectivity index (χ3n) is 3.63. The Bertz CT molecular complexity index is 392. The zero-order valence-corrected chi connectivity index (χ0v) is 13.7. The topological polar surface area (TPSA) is 55.8 Å². The summed E-state index contributed by atoms with van der Waals surface area (Å²) in [4.78, 5) is 26.2. The molecule has 1 amide bonds. The number of amides is 1. The van der Waals surface area contributed by atoms with Crippen LogP contribution >= 0.6 is 0 Å². The van der Waals surface area contributed by atoms with Crippen molar-refractivity contribution in [1.82, 2.24) is 4.90 Å². The van der Waals surface area contributed by atoms with Crippen molar-refractivity contribution in [3.8, 4) is 0 Å². The van der Waals surface area contributed by atoms with Crippen molar-refractivity contribution in [3.63, 3.8) is 0 Å². The number of ether oxygens (including phenoxy) is 2. The van der Waals surface area contributed by atoms with Crippen LogP contribution in [0.4, 0.5) is 4.79 Å². The van der Waals surface area contributed by atoms with Crippen molar-refractivity contribution in [3.05, 3.63) is 0 Å². The Kier molecular flexibility index (Phi) is 4.42. The van der Waals surface area contributed by atoms with Gasteiger partial charge in [-0.2, -0.15) is 0 Å². The largest absolute Gasteiger partial charge is 0.464 e. The lowest BCUT2D eigenvalue weighted by Gasteiger charge is -2.56. The number of carbonyl (C=O) groups excluding carboxylic acids is 2. The lowest BCUT2D eigenvalue weighted by Crippen LogP contribution is -2.73. The van der Waals surface area contributed by atoms with Gasteiger partial charge in [-0.05, 0) is 39.5 Å². The molecule has 0 unspecified atom stereocenters. The second-order valence-electron chi connectivity index (χ2n) is 7.21. The van der Waals surface area contributed by atoms with Crippen LogP contribution in [0.15, 0.2) is 0 Å². The highest BCUT2D eigenvalue weighted by atomic mass is 16.6. The average molecular weight is 285 g/mol. The van der Waals surface area contributed by atoms with Gasteiger partial charge in [-0.3, -0.25) is 4.90 Å². The Morgan fingerprint density at radius 3 is 2.00 bits per heavy atom. The van der Waals surface area contributed by atoms with E-state index < -0.39 is 22.6 Å². The molecule has 1 aliphatic heterocycles. The van der Waals surface area contributed by atoms with E-state index in [0.717, 1.165) is 0 Å². The standard InChI is InChI=1S/C15H27NO4/c1-8-19-11(17)15(13(2,3)4)9-10-16(15)12(18)20-14(5,6)7/h8-10H2,1-7H3/t15-/m1/s1. The lowest BCUT2D eigenvalue weighted by atomic mass is 9.66. The molecule has 0 aromatic rings. The Hall–Kier alpha value is -1.26. The number of hydrogen-bond acceptors (Lipinski definition) is 4. The van der Waals surface area contributed by atoms with Crippen LogP contribution in [-0.2, 0) is 14.3 Å². The summed E-state index contributed by atoms with van der Waals surface area (Å²) in [7, 11) is 0. The van der Waals surface area contributed by atoms with Gasteiger partial charge in [0.05, 0.1) is 6.61 Å². The maximum absolute atomic E-state index is 12.4. The minimum absolute atomic E-state index is 0.304. The summed E-state index contributed by atoms with van der Waals surface area (Å²) in [5.74, 6) is -0.343. The Labute approximate surface area is 121 Å². The maximum atomic E-state index is 12.4. The fourth-order valence-corrected chi connectivity index (χ4v) is 2.56. The average Bonchev–Trinajstić information content (AvgIpc) is 2.10. The van der Waals surface area contributed by atoms with Crippen LogP contribution < -0.4 is 0 Å². The third kappa shape index (κ3) is 2.91. The van der Waals surface area contributed by atoms with Crippen molar-refractivity contribution in [2.75, 3.05) is 13.2 Å². The Balaban J connectivity index is 3.03. The zero-order valence-electron chi connectivity index (χ0n) is 13.7. The molecule has 5 heteroatoms. The van der Waals surface area contributed by atoms with Gasteiger partial charge in [-0.1, -0.05) is 20.8 Å². The van der Waals surface area contributed by atoms with Crippen molar-refractivity contribution < 1.29 is 19.1 Å². The van der Waals surface area contributed by atoms with Gasteiger partial charge >= 0.3 is 12.1 Å². The maximum Gasteiger partial charge on any atom is 0.411 e. The summed E-state index contributed by atoms with van der Waals surface area (Å²) in [5, 5.41) is 0. The van der Waals surface area contributed by atoms with Gasteiger partial charge < -0.3 is 9.47 Å². The summed E-state index contributed by atoms with van der Waals surface area (Å²) in [5.41, 5.74) is -1.91. The molecule has 1 atom stereocenters. The summed E-state index contributed by atoms with van der Waals surface area (Å²) in [6.45, 7) is 13.9. The first-order valence-electron chi connectivity index (χ1n) is 7.13. The predicted octanol–water partition coefficient (Wildman–Crippen LogP) is 2.98. The molecule has 0 aromatic carbocycles. The highest BCUT2D eigenvalue weighted by molar-refractivity contribution is 5.88. The van der Waals surface area contributed by atoms with E-state index in [1.807, 2.05) is 41.5 Å². The molecule has 0 spiro atoms. The molecule has 0 bridgehead atoms. The van der Waals surface area contributed by atoms with E-state index in [1.165, 1.54) is 4.90 Å². The molecule has 1 aliphatic rings. The smallest absolute Gasteiger partial charge is 0.411 e. The third-order valence-corrected chi connectivity index (χ3v) is 3.63. The van der Waals surface area contributed by atoms with Crippen molar-refractivity contribution >= 4 is 12.1 Å². The molecule has 0 saturated carbocycles. The highest BCUT2D eigenvalue weighted by Gasteiger charge is 2.62. The molecule has 0 radical (unpaired) electrons. The zero-order chi connectivity index (χ0) is 15.8. The first-order chi connectivity index (χ1) is 8.95. The van der Waals surface area contributed by atoms with Gasteiger partial charge in [0.1, 0.15) is 11.1 Å². The monoisotopic (exact) mass is 285 g/mol. The molecule has 1 heterocycles. The molecule has 0 aliphatic carbocycles. The van der Waals surface area contributed by atoms with Gasteiger partial charge in [0.2, 0.25) is 0 Å². The number of likely N-dealkylation sites (tertiary alicyclic amines) is 1. The second-order valence-corrected chi connectivity index (χ2v) is 7.21. The number of hydrogen-bond donors (Lipinski definition) is 0. The first-order valence-corrected chi connectivity index (χ1v) is 7.13. The van der Waals surface area contributed by atoms with E-state index >= 15 is 0 Å². The summed E-state index contributed by atoms with van der Waals surface area (Å²) < 4.78 is 10.6. The lowest BCUT2D eigenvalue weighted by molar-refractivity contribution is -0.179. The van der Waals surface area contributed by atoms with Crippen molar-refractivity contribution in [1.29, 1.82) is 0 Å². The highest BCUT2D eigenvalue weighted by Crippen LogP contribution is 2.46. The summed E-state index contributed by atoms with van der Waals surface area (Å²) in [6.07, 6.45) is 0.154. The van der Waals surface area contributed by atoms with E-state index in [4.69, 9.17) is 9.47 Å². The number of nitrogens with zero attached hydrogens (tertiary/aromatic N) is 1. The van der Waals surface area contributed by atoms with Gasteiger partial charge in [0.15, 0.2) is 0 Å². The van der Waals surface area contributed by atoms with Crippen LogP contribution in [0.1, 0.15) is 54.9 Å². The number of esters is 1. The number of rotatable bonds is 2. The van der Waals surface area contributed by atoms with Gasteiger partial charge in [0.25, 0.3) is 0 Å². The minimum atomic E-state index is -0.925. The molecule has 0 N–H and O–H groups in total. The fourth-order valence-electron chi connectivity index (χ4n) is 2.56. The van der Waals surface area contributed by atoms with E-state index in [2.05, 4.69) is 0 Å². The van der Waals surface area contributed by atoms with Crippen LogP contribution in [0, 0.1) is 5.41 Å². The van der Waals surface area contributed by atoms with E-state index in [9.17, 15) is 9.59 Å². The second kappa shape index (κ2) is 5.26. The summed E-state index contributed by atoms with van der Waals surface area (Å²) in [6, 6.07) is 0. The van der Waals surface area contributed by atoms with Crippen LogP contribution in [0.3, 0.4) is 0 Å². The van der Waals surface area contributed by atoms with Gasteiger partial charge in [-0.15, -0.1) is 0 Å². The molecule has 0 aromatic heterocycles. The van der Waals surface area contributed by atoms with E-state index in [0.29, 0.717) is 19.6 Å². The predicted molar refractivity (Wildman–Crippen MR) is 76.4 cm³/mol. The quantitative estimate of drug-likeness (QED) is 0.732. The molecular formula is C15H27NO4. The molecular weight excluding hydrogens is 258 g/mol. The molecule has 116 valence electrons. The minimum Gasteiger partial charge on any atom is -0.464 e. The molecule has 1 fully saturated rings. The first kappa shape index (κ1) is 16.8. The van der Waals surface area contributed by atoms with E-state index in [1.54, 1.807) is 6.92 Å². The summed E-state index contributed by atoms with van der Waals surface area (Å²) >= 11 is 0. The molecule has 1 saturated heterocycles. The SMILES string of the molecule is CCOC(=O)[C@@]1(C(C)(C)C)CCN1C(=O)OC(C)(C)C. The molecule has 20 heavy (non-hydrogen) atoms. The van der Waals surface area contributed by atoms with E-state index in [-0.39, 0.29) is 5.97 Å². The number of carbonyl (C=O) groups is 2. The van der Waals surface area contributed by atoms with Crippen LogP contribution in [0.25, 0.3) is 0 Å². The normalized spacial score (nSPS) is 23.1. The molecule has 1 rings (SSSR count).